The molecule has 0 aliphatic rings. The maximum Gasteiger partial charge on any atom is 0.191 e. The summed E-state index contributed by atoms with van der Waals surface area (Å²) >= 11 is 0. The van der Waals surface area contributed by atoms with Crippen molar-refractivity contribution >= 4 is 5.96 Å². The number of aryl methyl sites for hydroxylation is 1. The highest BCUT2D eigenvalue weighted by Gasteiger charge is 2.02. The predicted molar refractivity (Wildman–Crippen MR) is 123 cm³/mol. The fourth-order valence-electron chi connectivity index (χ4n) is 2.97. The minimum atomic E-state index is 0.564. The normalized spacial score (nSPS) is 11.2. The van der Waals surface area contributed by atoms with E-state index in [-0.39, 0.29) is 0 Å². The van der Waals surface area contributed by atoms with Crippen LogP contribution in [-0.4, -0.2) is 35.9 Å². The maximum absolute atomic E-state index is 5.83. The molecule has 7 heteroatoms. The lowest BCUT2D eigenvalue weighted by Crippen LogP contribution is -2.37. The van der Waals surface area contributed by atoms with E-state index in [1.807, 2.05) is 60.3 Å². The maximum atomic E-state index is 5.83. The number of nitrogens with zero attached hydrogens (tertiary/aromatic N) is 3. The molecular formula is C24H31N5O2. The molecule has 3 rings (SSSR count). The highest BCUT2D eigenvalue weighted by atomic mass is 16.5. The first-order chi connectivity index (χ1) is 15.2. The molecular weight excluding hydrogens is 390 g/mol. The number of aromatic nitrogens is 2. The lowest BCUT2D eigenvalue weighted by molar-refractivity contribution is 0.298. The Morgan fingerprint density at radius 1 is 0.935 bits per heavy atom. The standard InChI is InChI=1S/C24H31N5O2/c1-25-24(27-18-21-14-16-28-29(21)2)26-15-6-7-17-30-22-10-12-23(13-11-22)31-19-20-8-4-3-5-9-20/h3-5,8-14,16H,6-7,15,17-19H2,1-2H3,(H2,25,26,27). The highest BCUT2D eigenvalue weighted by molar-refractivity contribution is 5.79. The summed E-state index contributed by atoms with van der Waals surface area (Å²) in [5.74, 6) is 2.48. The molecule has 0 radical (unpaired) electrons. The van der Waals surface area contributed by atoms with Crippen molar-refractivity contribution in [2.24, 2.45) is 12.0 Å². The average Bonchev–Trinajstić information content (AvgIpc) is 3.22. The number of aliphatic imine (C=N–C) groups is 1. The summed E-state index contributed by atoms with van der Waals surface area (Å²) in [6, 6.07) is 19.9. The van der Waals surface area contributed by atoms with Crippen molar-refractivity contribution in [1.29, 1.82) is 0 Å². The van der Waals surface area contributed by atoms with Gasteiger partial charge in [0.2, 0.25) is 0 Å². The number of rotatable bonds is 11. The van der Waals surface area contributed by atoms with Crippen LogP contribution < -0.4 is 20.1 Å². The Morgan fingerprint density at radius 3 is 2.35 bits per heavy atom. The number of benzene rings is 2. The van der Waals surface area contributed by atoms with Crippen LogP contribution in [0.1, 0.15) is 24.1 Å². The molecule has 0 spiro atoms. The van der Waals surface area contributed by atoms with Crippen LogP contribution in [-0.2, 0) is 20.2 Å². The van der Waals surface area contributed by atoms with Crippen LogP contribution >= 0.6 is 0 Å². The van der Waals surface area contributed by atoms with Gasteiger partial charge in [0.1, 0.15) is 18.1 Å². The van der Waals surface area contributed by atoms with Gasteiger partial charge in [-0.2, -0.15) is 5.10 Å². The first-order valence-electron chi connectivity index (χ1n) is 10.6. The third-order valence-corrected chi connectivity index (χ3v) is 4.79. The van der Waals surface area contributed by atoms with Gasteiger partial charge in [-0.15, -0.1) is 0 Å². The second kappa shape index (κ2) is 12.3. The zero-order valence-corrected chi connectivity index (χ0v) is 18.3. The second-order valence-electron chi connectivity index (χ2n) is 7.10. The van der Waals surface area contributed by atoms with Crippen LogP contribution in [0.25, 0.3) is 0 Å². The molecule has 0 aliphatic heterocycles. The lowest BCUT2D eigenvalue weighted by atomic mass is 10.2. The minimum Gasteiger partial charge on any atom is -0.494 e. The fraction of sp³-hybridized carbons (Fsp3) is 0.333. The Kier molecular flexibility index (Phi) is 8.79. The summed E-state index contributed by atoms with van der Waals surface area (Å²) in [5, 5.41) is 10.8. The number of nitrogens with one attached hydrogen (secondary N) is 2. The van der Waals surface area contributed by atoms with Crippen molar-refractivity contribution in [3.8, 4) is 11.5 Å². The number of unbranched alkanes of at least 4 members (excludes halogenated alkanes) is 1. The largest absolute Gasteiger partial charge is 0.494 e. The molecule has 0 saturated heterocycles. The Bertz CT molecular complexity index is 923. The van der Waals surface area contributed by atoms with Gasteiger partial charge in [0.25, 0.3) is 0 Å². The van der Waals surface area contributed by atoms with Crippen molar-refractivity contribution in [2.45, 2.75) is 26.0 Å². The monoisotopic (exact) mass is 421 g/mol. The van der Waals surface area contributed by atoms with Crippen molar-refractivity contribution < 1.29 is 9.47 Å². The SMILES string of the molecule is CN=C(NCCCCOc1ccc(OCc2ccccc2)cc1)NCc1ccnn1C. The van der Waals surface area contributed by atoms with Gasteiger partial charge in [0, 0.05) is 26.8 Å². The van der Waals surface area contributed by atoms with E-state index in [0.717, 1.165) is 48.1 Å². The molecule has 0 bridgehead atoms. The molecule has 31 heavy (non-hydrogen) atoms. The lowest BCUT2D eigenvalue weighted by Gasteiger charge is -2.12. The van der Waals surface area contributed by atoms with Gasteiger partial charge in [0.05, 0.1) is 18.8 Å². The molecule has 164 valence electrons. The summed E-state index contributed by atoms with van der Waals surface area (Å²) in [6.45, 7) is 2.76. The third-order valence-electron chi connectivity index (χ3n) is 4.79. The molecule has 2 N–H and O–H groups in total. The van der Waals surface area contributed by atoms with Crippen LogP contribution in [0.4, 0.5) is 0 Å². The quantitative estimate of drug-likeness (QED) is 0.282. The molecule has 0 unspecified atom stereocenters. The average molecular weight is 422 g/mol. The smallest absolute Gasteiger partial charge is 0.191 e. The topological polar surface area (TPSA) is 72.7 Å². The zero-order valence-electron chi connectivity index (χ0n) is 18.3. The molecule has 0 saturated carbocycles. The minimum absolute atomic E-state index is 0.564. The van der Waals surface area contributed by atoms with Crippen LogP contribution in [0.3, 0.4) is 0 Å². The molecule has 7 nitrogen and oxygen atoms in total. The molecule has 3 aromatic rings. The van der Waals surface area contributed by atoms with Gasteiger partial charge in [-0.1, -0.05) is 30.3 Å². The summed E-state index contributed by atoms with van der Waals surface area (Å²) in [7, 11) is 3.70. The molecule has 1 heterocycles. The molecule has 0 atom stereocenters. The van der Waals surface area contributed by atoms with Gasteiger partial charge in [-0.05, 0) is 48.7 Å². The first kappa shape index (κ1) is 22.2. The van der Waals surface area contributed by atoms with E-state index in [9.17, 15) is 0 Å². The fourth-order valence-corrected chi connectivity index (χ4v) is 2.97. The Balaban J connectivity index is 1.27. The van der Waals surface area contributed by atoms with Gasteiger partial charge in [-0.3, -0.25) is 9.67 Å². The van der Waals surface area contributed by atoms with Crippen molar-refractivity contribution in [3.63, 3.8) is 0 Å². The van der Waals surface area contributed by atoms with E-state index in [1.54, 1.807) is 13.2 Å². The van der Waals surface area contributed by atoms with Crippen LogP contribution in [0.5, 0.6) is 11.5 Å². The van der Waals surface area contributed by atoms with E-state index in [1.165, 1.54) is 0 Å². The number of hydrogen-bond donors (Lipinski definition) is 2. The molecule has 0 fully saturated rings. The first-order valence-corrected chi connectivity index (χ1v) is 10.6. The van der Waals surface area contributed by atoms with Crippen LogP contribution in [0.15, 0.2) is 71.9 Å². The van der Waals surface area contributed by atoms with E-state index in [0.29, 0.717) is 19.8 Å². The van der Waals surface area contributed by atoms with Crippen molar-refractivity contribution in [3.05, 3.63) is 78.1 Å². The van der Waals surface area contributed by atoms with Crippen LogP contribution in [0, 0.1) is 0 Å². The number of ether oxygens (including phenoxy) is 2. The van der Waals surface area contributed by atoms with Crippen LogP contribution in [0.2, 0.25) is 0 Å². The number of guanidine groups is 1. The van der Waals surface area contributed by atoms with E-state index >= 15 is 0 Å². The van der Waals surface area contributed by atoms with Crippen molar-refractivity contribution in [1.82, 2.24) is 20.4 Å². The van der Waals surface area contributed by atoms with Crippen molar-refractivity contribution in [2.75, 3.05) is 20.2 Å². The highest BCUT2D eigenvalue weighted by Crippen LogP contribution is 2.19. The van der Waals surface area contributed by atoms with E-state index in [2.05, 4.69) is 32.9 Å². The van der Waals surface area contributed by atoms with Gasteiger partial charge in [-0.25, -0.2) is 0 Å². The van der Waals surface area contributed by atoms with E-state index in [4.69, 9.17) is 9.47 Å². The molecule has 0 aliphatic carbocycles. The summed E-state index contributed by atoms with van der Waals surface area (Å²) < 4.78 is 13.5. The Morgan fingerprint density at radius 2 is 1.68 bits per heavy atom. The number of hydrogen-bond acceptors (Lipinski definition) is 4. The van der Waals surface area contributed by atoms with Gasteiger partial charge >= 0.3 is 0 Å². The zero-order chi connectivity index (χ0) is 21.7. The third kappa shape index (κ3) is 7.70. The Hall–Kier alpha value is -3.48. The summed E-state index contributed by atoms with van der Waals surface area (Å²) in [5.41, 5.74) is 2.26. The van der Waals surface area contributed by atoms with E-state index < -0.39 is 0 Å². The predicted octanol–water partition coefficient (Wildman–Crippen LogP) is 3.52. The Labute approximate surface area is 184 Å². The molecule has 0 amide bonds. The molecule has 1 aromatic heterocycles. The second-order valence-corrected chi connectivity index (χ2v) is 7.10. The summed E-state index contributed by atoms with van der Waals surface area (Å²) in [6.07, 6.45) is 3.74. The summed E-state index contributed by atoms with van der Waals surface area (Å²) in [4.78, 5) is 4.25. The van der Waals surface area contributed by atoms with Gasteiger partial charge < -0.3 is 20.1 Å². The molecule has 2 aromatic carbocycles. The van der Waals surface area contributed by atoms with Gasteiger partial charge in [0.15, 0.2) is 5.96 Å².